The van der Waals surface area contributed by atoms with Gasteiger partial charge in [-0.3, -0.25) is 43.2 Å². The second-order valence-electron chi connectivity index (χ2n) is 24.0. The van der Waals surface area contributed by atoms with Crippen LogP contribution >= 0.6 is 11.8 Å². The van der Waals surface area contributed by atoms with E-state index in [1.807, 2.05) is 0 Å². The second kappa shape index (κ2) is 64.3. The van der Waals surface area contributed by atoms with E-state index in [0.717, 1.165) is 57.8 Å². The zero-order valence-electron chi connectivity index (χ0n) is 60.3. The van der Waals surface area contributed by atoms with Gasteiger partial charge in [-0.05, 0) is 64.2 Å². The van der Waals surface area contributed by atoms with Crippen molar-refractivity contribution in [1.29, 1.82) is 0 Å². The molecule has 8 aliphatic heterocycles. The highest BCUT2D eigenvalue weighted by Gasteiger charge is 2.26. The lowest BCUT2D eigenvalue weighted by molar-refractivity contribution is -0.142. The van der Waals surface area contributed by atoms with Crippen molar-refractivity contribution in [3.63, 3.8) is 0 Å². The largest absolute Gasteiger partial charge is 0.480 e. The number of carboxylic acid groups (broad SMARTS) is 8. The number of rotatable bonds is 42. The van der Waals surface area contributed by atoms with Gasteiger partial charge in [0, 0.05) is 37.4 Å². The summed E-state index contributed by atoms with van der Waals surface area (Å²) in [4.78, 5) is 93.8. The Labute approximate surface area is 631 Å². The Balaban J connectivity index is 0.00000121. The van der Waals surface area contributed by atoms with E-state index in [-0.39, 0.29) is 89.8 Å². The van der Waals surface area contributed by atoms with Crippen LogP contribution in [0.15, 0.2) is 0 Å². The average Bonchev–Trinajstić information content (AvgIpc) is 1.77. The first kappa shape index (κ1) is 103. The van der Waals surface area contributed by atoms with E-state index in [9.17, 15) is 43.2 Å². The van der Waals surface area contributed by atoms with Crippen molar-refractivity contribution in [3.05, 3.63) is 0 Å². The van der Waals surface area contributed by atoms with E-state index in [2.05, 4.69) is 5.32 Å². The fourth-order valence-electron chi connectivity index (χ4n) is 8.96. The third-order valence-electron chi connectivity index (χ3n) is 15.0. The molecule has 0 bridgehead atoms. The molecule has 8 heterocycles. The minimum atomic E-state index is -1.17. The molecular formula is C64H121N9O34S. The number of unbranched alkanes of at least 4 members (excludes halogenated alkanes) is 3. The molecular weight excluding hydrogens is 1470 g/mol. The topological polar surface area (TPSA) is 693 Å². The summed E-state index contributed by atoms with van der Waals surface area (Å²) in [5, 5.41) is 70.6. The molecule has 25 N–H and O–H groups in total. The van der Waals surface area contributed by atoms with Crippen LogP contribution in [0, 0.1) is 0 Å². The molecule has 632 valence electrons. The number of nitrogens with two attached hydrogens (primary N) is 8. The molecule has 0 aromatic heterocycles. The van der Waals surface area contributed by atoms with Gasteiger partial charge in [-0.15, -0.1) is 0 Å². The Morgan fingerprint density at radius 1 is 0.333 bits per heavy atom. The summed E-state index contributed by atoms with van der Waals surface area (Å²) in [5.41, 5.74) is 42.3. The molecule has 43 nitrogen and oxygen atoms in total. The number of aliphatic carboxylic acids is 8. The van der Waals surface area contributed by atoms with Crippen molar-refractivity contribution in [2.24, 2.45) is 45.9 Å². The number of hydrogen-bond acceptors (Lipinski definition) is 36. The SMILES string of the molecule is C.NC(CC(=O)CC1OCCO1)C(=O)O.NC(CCC1OCCO1)C(=O)O.NC(CCCC1OCCO1)C(=O)O.NC(CCCCC1OCCO1)C(=O)O.NC(CCCCCC1OCCO1)C(=O)O.NC(CNCC1OCCO1)C(=O)O.NC(COCC1OCCO1)C(=O)O.NC(CSCC1OCCO1)C(=O)O. The monoisotopic (exact) mass is 1590 g/mol. The Bertz CT molecular complexity index is 2230. The molecule has 0 aromatic carbocycles. The minimum Gasteiger partial charge on any atom is -0.480 e. The second-order valence-corrected chi connectivity index (χ2v) is 25.1. The molecule has 8 saturated heterocycles. The van der Waals surface area contributed by atoms with Crippen LogP contribution in [0.3, 0.4) is 0 Å². The summed E-state index contributed by atoms with van der Waals surface area (Å²) < 4.78 is 87.4. The molecule has 8 fully saturated rings. The van der Waals surface area contributed by atoms with Gasteiger partial charge in [-0.1, -0.05) is 26.7 Å². The lowest BCUT2D eigenvalue weighted by Gasteiger charge is -2.11. The summed E-state index contributed by atoms with van der Waals surface area (Å²) in [7, 11) is 0. The highest BCUT2D eigenvalue weighted by Crippen LogP contribution is 2.18. The number of Topliss-reactive ketones (excluding diaryl/α,β-unsaturated/α-hetero) is 1. The predicted octanol–water partition coefficient (Wildman–Crippen LogP) is -3.04. The van der Waals surface area contributed by atoms with E-state index in [1.165, 1.54) is 11.8 Å². The Kier molecular flexibility index (Phi) is 61.1. The van der Waals surface area contributed by atoms with E-state index < -0.39 is 102 Å². The van der Waals surface area contributed by atoms with Crippen molar-refractivity contribution in [1.82, 2.24) is 5.32 Å². The predicted molar refractivity (Wildman–Crippen MR) is 377 cm³/mol. The quantitative estimate of drug-likeness (QED) is 0.0270. The molecule has 8 rings (SSSR count). The van der Waals surface area contributed by atoms with Crippen LogP contribution in [0.1, 0.15) is 110 Å². The van der Waals surface area contributed by atoms with Gasteiger partial charge in [-0.2, -0.15) is 11.8 Å². The highest BCUT2D eigenvalue weighted by molar-refractivity contribution is 7.99. The lowest BCUT2D eigenvalue weighted by Crippen LogP contribution is -2.42. The van der Waals surface area contributed by atoms with Crippen molar-refractivity contribution in [2.75, 3.05) is 144 Å². The van der Waals surface area contributed by atoms with Crippen LogP contribution < -0.4 is 51.2 Å². The van der Waals surface area contributed by atoms with E-state index in [0.29, 0.717) is 156 Å². The standard InChI is InChI=1S/C10H19NO4.C9H17NO4.C8H13NO5.C8H15NO4.C7H14N2O4.C7H13NO5.C7H13NO4S.C7H13NO4.CH4/c11-8(10(12)13)4-2-1-3-5-9-14-6-7-15-9;10-7(9(11)12)3-1-2-4-8-13-5-6-14-8;9-6(8(11)12)3-5(10)4-7-13-1-2-14-7;9-6(8(10)11)2-1-3-7-12-4-5-13-7;8-5(7(10)11)3-9-4-6-12-1-2-13-6;8-5(7(9)10)3-11-4-6-12-1-2-13-6;8-5(7(9)10)3-13-4-6-11-1-2-12-6;8-5(7(9)10)1-2-6-11-3-4-12-6;/h8-9H,1-7,11H2,(H,12,13);7-8H,1-6,10H2,(H,11,12);6-7H,1-4,9H2,(H,11,12);6-7H,1-5,9H2,(H,10,11);5-6,9H,1-4,8H2,(H,10,11);2*5-6H,1-4,8H2,(H,9,10);5-6H,1-4,8H2,(H,9,10);1H4. The average molecular weight is 1590 g/mol. The number of carbonyl (C=O) groups is 9. The molecule has 0 radical (unpaired) electrons. The summed E-state index contributed by atoms with van der Waals surface area (Å²) in [6, 6.07) is -6.82. The van der Waals surface area contributed by atoms with Crippen molar-refractivity contribution in [2.45, 2.75) is 209 Å². The molecule has 0 aliphatic carbocycles. The summed E-state index contributed by atoms with van der Waals surface area (Å²) in [5.74, 6) is -7.25. The molecule has 8 aliphatic rings. The van der Waals surface area contributed by atoms with Gasteiger partial charge in [0.15, 0.2) is 50.3 Å². The third kappa shape index (κ3) is 55.2. The molecule has 8 unspecified atom stereocenters. The van der Waals surface area contributed by atoms with Gasteiger partial charge in [0.2, 0.25) is 0 Å². The number of ketones is 1. The van der Waals surface area contributed by atoms with E-state index in [4.69, 9.17) is 167 Å². The number of carbonyl (C=O) groups excluding carboxylic acids is 1. The molecule has 0 aromatic rings. The Hall–Kier alpha value is -5.26. The van der Waals surface area contributed by atoms with E-state index in [1.54, 1.807) is 0 Å². The van der Waals surface area contributed by atoms with Crippen LogP contribution in [0.2, 0.25) is 0 Å². The zero-order chi connectivity index (χ0) is 79.7. The van der Waals surface area contributed by atoms with Crippen LogP contribution in [0.5, 0.6) is 0 Å². The number of hydrogen-bond donors (Lipinski definition) is 17. The zero-order valence-corrected chi connectivity index (χ0v) is 61.1. The first-order valence-electron chi connectivity index (χ1n) is 35.1. The van der Waals surface area contributed by atoms with Crippen LogP contribution in [0.4, 0.5) is 0 Å². The van der Waals surface area contributed by atoms with Crippen molar-refractivity contribution in [3.8, 4) is 0 Å². The number of ether oxygens (including phenoxy) is 17. The minimum absolute atomic E-state index is 0. The molecule has 0 saturated carbocycles. The maximum Gasteiger partial charge on any atom is 0.322 e. The van der Waals surface area contributed by atoms with Crippen LogP contribution in [-0.2, 0) is 124 Å². The Morgan fingerprint density at radius 2 is 0.639 bits per heavy atom. The molecule has 44 heteroatoms. The fourth-order valence-corrected chi connectivity index (χ4v) is 9.88. The molecule has 108 heavy (non-hydrogen) atoms. The van der Waals surface area contributed by atoms with E-state index >= 15 is 0 Å². The summed E-state index contributed by atoms with van der Waals surface area (Å²) in [6.07, 6.45) is 8.15. The van der Waals surface area contributed by atoms with Gasteiger partial charge >= 0.3 is 47.8 Å². The smallest absolute Gasteiger partial charge is 0.322 e. The fraction of sp³-hybridized carbons (Fsp3) is 0.859. The number of carboxylic acids is 8. The first-order chi connectivity index (χ1) is 51.0. The molecule has 8 atom stereocenters. The normalized spacial score (nSPS) is 19.9. The molecule has 0 amide bonds. The summed E-state index contributed by atoms with van der Waals surface area (Å²) in [6.45, 7) is 10.5. The lowest BCUT2D eigenvalue weighted by atomic mass is 10.1. The van der Waals surface area contributed by atoms with Gasteiger partial charge < -0.3 is 173 Å². The number of nitrogens with one attached hydrogen (secondary N) is 1. The Morgan fingerprint density at radius 3 is 1.03 bits per heavy atom. The van der Waals surface area contributed by atoms with Crippen LogP contribution in [0.25, 0.3) is 0 Å². The van der Waals surface area contributed by atoms with Crippen molar-refractivity contribution >= 4 is 65.3 Å². The molecule has 0 spiro atoms. The van der Waals surface area contributed by atoms with Gasteiger partial charge in [0.25, 0.3) is 0 Å². The number of thioether (sulfide) groups is 1. The van der Waals surface area contributed by atoms with Crippen molar-refractivity contribution < 1.29 is 165 Å². The van der Waals surface area contributed by atoms with Gasteiger partial charge in [0.05, 0.1) is 125 Å². The van der Waals surface area contributed by atoms with Crippen LogP contribution in [-0.4, -0.2) is 337 Å². The third-order valence-corrected chi connectivity index (χ3v) is 16.1. The highest BCUT2D eigenvalue weighted by atomic mass is 32.2. The summed E-state index contributed by atoms with van der Waals surface area (Å²) >= 11 is 1.43. The van der Waals surface area contributed by atoms with Gasteiger partial charge in [0.1, 0.15) is 54.1 Å². The maximum atomic E-state index is 11.2. The van der Waals surface area contributed by atoms with Gasteiger partial charge in [-0.25, -0.2) is 0 Å². The maximum absolute atomic E-state index is 11.2. The first-order valence-corrected chi connectivity index (χ1v) is 36.2.